The van der Waals surface area contributed by atoms with Gasteiger partial charge in [0.2, 0.25) is 0 Å². The number of carbonyl (C=O) groups is 1. The number of halogens is 1. The number of rotatable bonds is 5. The average Bonchev–Trinajstić information content (AvgIpc) is 3.31. The number of aromatic nitrogens is 1. The number of benzene rings is 2. The smallest absolute Gasteiger partial charge is 0.170 e. The van der Waals surface area contributed by atoms with Gasteiger partial charge in [0.05, 0.1) is 11.7 Å². The van der Waals surface area contributed by atoms with Gasteiger partial charge in [-0.2, -0.15) is 0 Å². The molecule has 0 amide bonds. The van der Waals surface area contributed by atoms with Gasteiger partial charge in [-0.15, -0.1) is 0 Å². The highest BCUT2D eigenvalue weighted by Gasteiger charge is 2.37. The largest absolute Gasteiger partial charge is 0.374 e. The SMILES string of the molecule is O=CC1c2ccccc2C(O)N1CCN1CCC(c2noc3cc(F)ccc23)CC1. The van der Waals surface area contributed by atoms with E-state index < -0.39 is 12.3 Å². The van der Waals surface area contributed by atoms with Crippen LogP contribution in [0.25, 0.3) is 11.0 Å². The summed E-state index contributed by atoms with van der Waals surface area (Å²) in [4.78, 5) is 15.9. The monoisotopic (exact) mass is 409 g/mol. The van der Waals surface area contributed by atoms with Gasteiger partial charge in [0, 0.05) is 36.0 Å². The molecule has 2 aliphatic rings. The fraction of sp³-hybridized carbons (Fsp3) is 0.391. The van der Waals surface area contributed by atoms with Gasteiger partial charge in [0.15, 0.2) is 5.58 Å². The number of likely N-dealkylation sites (tertiary alicyclic amines) is 1. The van der Waals surface area contributed by atoms with E-state index in [1.54, 1.807) is 6.07 Å². The summed E-state index contributed by atoms with van der Waals surface area (Å²) in [6, 6.07) is 11.8. The average molecular weight is 409 g/mol. The summed E-state index contributed by atoms with van der Waals surface area (Å²) in [5.41, 5.74) is 3.13. The zero-order valence-corrected chi connectivity index (χ0v) is 16.6. The van der Waals surface area contributed by atoms with Crippen molar-refractivity contribution in [3.05, 3.63) is 65.1 Å². The third kappa shape index (κ3) is 3.33. The highest BCUT2D eigenvalue weighted by Crippen LogP contribution is 2.39. The van der Waals surface area contributed by atoms with E-state index in [0.717, 1.165) is 61.0 Å². The van der Waals surface area contributed by atoms with Crippen molar-refractivity contribution in [1.29, 1.82) is 0 Å². The molecule has 0 radical (unpaired) electrons. The molecule has 3 heterocycles. The number of piperidine rings is 1. The number of hydrogen-bond acceptors (Lipinski definition) is 6. The number of fused-ring (bicyclic) bond motifs is 2. The van der Waals surface area contributed by atoms with Crippen LogP contribution in [-0.2, 0) is 4.79 Å². The number of carbonyl (C=O) groups excluding carboxylic acids is 1. The molecule has 7 heteroatoms. The van der Waals surface area contributed by atoms with Crippen LogP contribution >= 0.6 is 0 Å². The van der Waals surface area contributed by atoms with E-state index in [4.69, 9.17) is 4.52 Å². The minimum Gasteiger partial charge on any atom is -0.374 e. The minimum atomic E-state index is -0.740. The van der Waals surface area contributed by atoms with Crippen LogP contribution in [0.2, 0.25) is 0 Å². The van der Waals surface area contributed by atoms with Gasteiger partial charge in [-0.05, 0) is 43.6 Å². The predicted octanol–water partition coefficient (Wildman–Crippen LogP) is 3.39. The molecule has 2 aliphatic heterocycles. The Labute approximate surface area is 173 Å². The Morgan fingerprint density at radius 1 is 1.13 bits per heavy atom. The van der Waals surface area contributed by atoms with Crippen molar-refractivity contribution in [2.24, 2.45) is 0 Å². The molecule has 6 nitrogen and oxygen atoms in total. The summed E-state index contributed by atoms with van der Waals surface area (Å²) >= 11 is 0. The molecule has 1 saturated heterocycles. The first-order valence-electron chi connectivity index (χ1n) is 10.4. The van der Waals surface area contributed by atoms with E-state index in [1.807, 2.05) is 29.2 Å². The van der Waals surface area contributed by atoms with E-state index in [2.05, 4.69) is 10.1 Å². The lowest BCUT2D eigenvalue weighted by molar-refractivity contribution is -0.116. The number of aliphatic hydroxyl groups excluding tert-OH is 1. The van der Waals surface area contributed by atoms with Crippen LogP contribution in [0, 0.1) is 5.82 Å². The predicted molar refractivity (Wildman–Crippen MR) is 109 cm³/mol. The van der Waals surface area contributed by atoms with Gasteiger partial charge in [0.1, 0.15) is 18.3 Å². The molecule has 2 unspecified atom stereocenters. The molecule has 30 heavy (non-hydrogen) atoms. The van der Waals surface area contributed by atoms with Gasteiger partial charge in [-0.25, -0.2) is 4.39 Å². The molecular weight excluding hydrogens is 385 g/mol. The van der Waals surface area contributed by atoms with Crippen LogP contribution < -0.4 is 0 Å². The van der Waals surface area contributed by atoms with E-state index in [1.165, 1.54) is 12.1 Å². The zero-order valence-electron chi connectivity index (χ0n) is 16.6. The Balaban J connectivity index is 1.20. The summed E-state index contributed by atoms with van der Waals surface area (Å²) in [7, 11) is 0. The summed E-state index contributed by atoms with van der Waals surface area (Å²) in [5.74, 6) is -0.0304. The lowest BCUT2D eigenvalue weighted by Gasteiger charge is -2.33. The topological polar surface area (TPSA) is 69.8 Å². The molecule has 5 rings (SSSR count). The van der Waals surface area contributed by atoms with E-state index in [9.17, 15) is 14.3 Å². The maximum Gasteiger partial charge on any atom is 0.170 e. The quantitative estimate of drug-likeness (QED) is 0.652. The second-order valence-corrected chi connectivity index (χ2v) is 8.15. The Morgan fingerprint density at radius 2 is 1.90 bits per heavy atom. The maximum absolute atomic E-state index is 13.4. The van der Waals surface area contributed by atoms with E-state index in [-0.39, 0.29) is 11.7 Å². The second-order valence-electron chi connectivity index (χ2n) is 8.15. The molecule has 2 aromatic carbocycles. The van der Waals surface area contributed by atoms with Crippen LogP contribution in [0.3, 0.4) is 0 Å². The van der Waals surface area contributed by atoms with Crippen molar-refractivity contribution in [3.63, 3.8) is 0 Å². The molecular formula is C23H24FN3O3. The standard InChI is InChI=1S/C23H24FN3O3/c24-16-5-6-19-21(13-16)30-25-22(19)15-7-9-26(10-8-15)11-12-27-20(14-28)17-3-1-2-4-18(17)23(27)29/h1-6,13-15,20,23,29H,7-12H2. The molecule has 156 valence electrons. The van der Waals surface area contributed by atoms with Crippen LogP contribution in [0.4, 0.5) is 4.39 Å². The fourth-order valence-corrected chi connectivity index (χ4v) is 4.85. The normalized spacial score (nSPS) is 23.1. The van der Waals surface area contributed by atoms with Gasteiger partial charge in [-0.1, -0.05) is 29.4 Å². The number of aldehydes is 1. The van der Waals surface area contributed by atoms with Crippen LogP contribution in [0.15, 0.2) is 47.0 Å². The summed E-state index contributed by atoms with van der Waals surface area (Å²) in [6.45, 7) is 3.22. The van der Waals surface area contributed by atoms with Crippen molar-refractivity contribution in [3.8, 4) is 0 Å². The molecule has 1 aromatic heterocycles. The molecule has 0 bridgehead atoms. The van der Waals surface area contributed by atoms with E-state index in [0.29, 0.717) is 12.1 Å². The molecule has 1 fully saturated rings. The molecule has 3 aromatic rings. The Hall–Kier alpha value is -2.61. The van der Waals surface area contributed by atoms with Gasteiger partial charge < -0.3 is 19.3 Å². The van der Waals surface area contributed by atoms with Gasteiger partial charge in [0.25, 0.3) is 0 Å². The third-order valence-electron chi connectivity index (χ3n) is 6.50. The van der Waals surface area contributed by atoms with Crippen molar-refractivity contribution >= 4 is 17.3 Å². The molecule has 1 N–H and O–H groups in total. The van der Waals surface area contributed by atoms with E-state index >= 15 is 0 Å². The molecule has 2 atom stereocenters. The first-order valence-corrected chi connectivity index (χ1v) is 10.4. The first-order chi connectivity index (χ1) is 14.7. The lowest BCUT2D eigenvalue weighted by Crippen LogP contribution is -2.40. The Morgan fingerprint density at radius 3 is 2.67 bits per heavy atom. The highest BCUT2D eigenvalue weighted by molar-refractivity contribution is 5.79. The third-order valence-corrected chi connectivity index (χ3v) is 6.50. The molecule has 0 saturated carbocycles. The Kier molecular flexibility index (Phi) is 5.10. The Bertz CT molecular complexity index is 1060. The lowest BCUT2D eigenvalue weighted by atomic mass is 9.91. The number of hydrogen-bond donors (Lipinski definition) is 1. The van der Waals surface area contributed by atoms with Crippen molar-refractivity contribution < 1.29 is 18.8 Å². The summed E-state index contributed by atoms with van der Waals surface area (Å²) in [6.07, 6.45) is 2.06. The van der Waals surface area contributed by atoms with Gasteiger partial charge in [-0.3, -0.25) is 4.90 Å². The highest BCUT2D eigenvalue weighted by atomic mass is 19.1. The second kappa shape index (κ2) is 7.91. The number of nitrogens with zero attached hydrogens (tertiary/aromatic N) is 3. The zero-order chi connectivity index (χ0) is 20.7. The first kappa shape index (κ1) is 19.4. The van der Waals surface area contributed by atoms with Crippen molar-refractivity contribution in [2.45, 2.75) is 31.0 Å². The van der Waals surface area contributed by atoms with Crippen LogP contribution in [0.1, 0.15) is 47.9 Å². The number of aliphatic hydroxyl groups is 1. The van der Waals surface area contributed by atoms with Gasteiger partial charge >= 0.3 is 0 Å². The van der Waals surface area contributed by atoms with Crippen molar-refractivity contribution in [2.75, 3.05) is 26.2 Å². The maximum atomic E-state index is 13.4. The molecule has 0 aliphatic carbocycles. The summed E-state index contributed by atoms with van der Waals surface area (Å²) in [5, 5.41) is 15.8. The summed E-state index contributed by atoms with van der Waals surface area (Å²) < 4.78 is 18.7. The molecule has 0 spiro atoms. The fourth-order valence-electron chi connectivity index (χ4n) is 4.85. The van der Waals surface area contributed by atoms with Crippen molar-refractivity contribution in [1.82, 2.24) is 15.0 Å². The van der Waals surface area contributed by atoms with Crippen LogP contribution in [0.5, 0.6) is 0 Å². The minimum absolute atomic E-state index is 0.289. The van der Waals surface area contributed by atoms with Crippen LogP contribution in [-0.4, -0.2) is 52.5 Å².